The van der Waals surface area contributed by atoms with Gasteiger partial charge in [0.15, 0.2) is 0 Å². The second kappa shape index (κ2) is 6.80. The molecule has 2 N–H and O–H groups in total. The summed E-state index contributed by atoms with van der Waals surface area (Å²) in [6, 6.07) is 16.3. The fraction of sp³-hybridized carbons (Fsp3) is 0.308. The second-order valence-electron chi connectivity index (χ2n) is 10.0. The maximum Gasteiger partial charge on any atom is 0.101 e. The Kier molecular flexibility index (Phi) is 4.26. The van der Waals surface area contributed by atoms with Crippen LogP contribution in [0.3, 0.4) is 0 Å². The van der Waals surface area contributed by atoms with Gasteiger partial charge in [-0.25, -0.2) is 0 Å². The fourth-order valence-corrected chi connectivity index (χ4v) is 4.58. The van der Waals surface area contributed by atoms with E-state index in [1.54, 1.807) is 0 Å². The number of H-pyrrole nitrogens is 2. The molecule has 0 spiro atoms. The van der Waals surface area contributed by atoms with E-state index in [-0.39, 0.29) is 10.8 Å². The molecule has 0 saturated heterocycles. The summed E-state index contributed by atoms with van der Waals surface area (Å²) in [6.07, 6.45) is 1.54. The molecule has 0 amide bonds. The van der Waals surface area contributed by atoms with Crippen LogP contribution in [0.1, 0.15) is 61.6 Å². The van der Waals surface area contributed by atoms with Crippen LogP contribution in [0.25, 0.3) is 22.1 Å². The maximum absolute atomic E-state index is 9.67. The first-order chi connectivity index (χ1) is 15.2. The fourth-order valence-electron chi connectivity index (χ4n) is 4.58. The lowest BCUT2D eigenvalue weighted by molar-refractivity contribution is 0.543. The van der Waals surface area contributed by atoms with Crippen LogP contribution in [0.15, 0.2) is 36.4 Å². The van der Waals surface area contributed by atoms with Gasteiger partial charge in [-0.1, -0.05) is 27.7 Å². The summed E-state index contributed by atoms with van der Waals surface area (Å²) in [5, 5.41) is 19.3. The van der Waals surface area contributed by atoms with Crippen molar-refractivity contribution in [2.24, 2.45) is 0 Å². The van der Waals surface area contributed by atoms with Gasteiger partial charge in [0.1, 0.15) is 12.1 Å². The molecule has 5 heterocycles. The Hall–Kier alpha value is -3.90. The molecular formula is C26H24N6. The van der Waals surface area contributed by atoms with Gasteiger partial charge in [-0.2, -0.15) is 10.5 Å². The van der Waals surface area contributed by atoms with Gasteiger partial charge in [0.05, 0.1) is 22.2 Å². The molecule has 0 radical (unpaired) electrons. The normalized spacial score (nSPS) is 16.3. The Morgan fingerprint density at radius 2 is 1.09 bits per heavy atom. The summed E-state index contributed by atoms with van der Waals surface area (Å²) < 4.78 is 0. The number of hydrogen-bond donors (Lipinski definition) is 2. The van der Waals surface area contributed by atoms with Crippen LogP contribution in [0, 0.1) is 22.7 Å². The van der Waals surface area contributed by atoms with Crippen molar-refractivity contribution >= 4 is 22.1 Å². The Balaban J connectivity index is 1.92. The van der Waals surface area contributed by atoms with E-state index in [0.717, 1.165) is 57.7 Å². The second-order valence-corrected chi connectivity index (χ2v) is 10.0. The Bertz CT molecular complexity index is 1390. The zero-order valence-electron chi connectivity index (χ0n) is 18.7. The number of nitrogens with zero attached hydrogens (tertiary/aromatic N) is 4. The third-order valence-corrected chi connectivity index (χ3v) is 6.35. The first kappa shape index (κ1) is 20.0. The SMILES string of the molecule is CC1(C)Cc2cc3[nH]c(cc4nc(cc5[nH]c(cc1n2)cc5C#N)CC4(C)C)cc3C#N. The topological polar surface area (TPSA) is 105 Å². The molecule has 3 aromatic rings. The van der Waals surface area contributed by atoms with Crippen LogP contribution in [0.5, 0.6) is 0 Å². The molecule has 0 atom stereocenters. The molecule has 2 aliphatic rings. The molecule has 5 rings (SSSR count). The van der Waals surface area contributed by atoms with Crippen LogP contribution in [0.2, 0.25) is 0 Å². The molecule has 0 fully saturated rings. The predicted octanol–water partition coefficient (Wildman–Crippen LogP) is 5.10. The van der Waals surface area contributed by atoms with Crippen molar-refractivity contribution in [2.75, 3.05) is 0 Å². The number of nitrogens with one attached hydrogen (secondary N) is 2. The average Bonchev–Trinajstić information content (AvgIpc) is 3.41. The first-order valence-electron chi connectivity index (χ1n) is 10.7. The van der Waals surface area contributed by atoms with E-state index in [4.69, 9.17) is 9.97 Å². The van der Waals surface area contributed by atoms with E-state index in [1.807, 2.05) is 36.4 Å². The van der Waals surface area contributed by atoms with E-state index in [9.17, 15) is 10.5 Å². The van der Waals surface area contributed by atoms with Gasteiger partial charge in [0.2, 0.25) is 0 Å². The standard InChI is InChI=1S/C26H24N6/c1-25(2)11-19-7-21-16(14-28)6-18(30-21)10-24-26(3,4)12-20(32-24)8-22-15(13-27)5-17(29-22)9-23(25)31-19/h5-10,29-30H,11-12H2,1-4H3. The van der Waals surface area contributed by atoms with Gasteiger partial charge in [-0.15, -0.1) is 0 Å². The highest BCUT2D eigenvalue weighted by Gasteiger charge is 2.30. The van der Waals surface area contributed by atoms with Crippen molar-refractivity contribution in [2.45, 2.75) is 51.4 Å². The molecule has 0 saturated carbocycles. The van der Waals surface area contributed by atoms with Gasteiger partial charge < -0.3 is 9.97 Å². The summed E-state index contributed by atoms with van der Waals surface area (Å²) in [7, 11) is 0. The predicted molar refractivity (Wildman–Crippen MR) is 124 cm³/mol. The van der Waals surface area contributed by atoms with E-state index in [0.29, 0.717) is 11.1 Å². The molecule has 0 unspecified atom stereocenters. The zero-order valence-corrected chi connectivity index (χ0v) is 18.7. The van der Waals surface area contributed by atoms with Crippen LogP contribution in [0.4, 0.5) is 0 Å². The third-order valence-electron chi connectivity index (χ3n) is 6.35. The summed E-state index contributed by atoms with van der Waals surface area (Å²) in [5.41, 5.74) is 7.85. The van der Waals surface area contributed by atoms with Crippen LogP contribution < -0.4 is 0 Å². The maximum atomic E-state index is 9.67. The number of aromatic nitrogens is 4. The smallest absolute Gasteiger partial charge is 0.101 e. The van der Waals surface area contributed by atoms with Crippen molar-refractivity contribution in [1.29, 1.82) is 10.5 Å². The lowest BCUT2D eigenvalue weighted by atomic mass is 9.87. The molecule has 6 heteroatoms. The monoisotopic (exact) mass is 420 g/mol. The molecule has 0 aliphatic carbocycles. The molecule has 158 valence electrons. The Morgan fingerprint density at radius 1 is 0.688 bits per heavy atom. The zero-order chi connectivity index (χ0) is 22.7. The van der Waals surface area contributed by atoms with Gasteiger partial charge >= 0.3 is 0 Å². The number of aromatic amines is 2. The number of nitriles is 2. The van der Waals surface area contributed by atoms with Crippen LogP contribution in [-0.4, -0.2) is 19.9 Å². The molecule has 0 aromatic carbocycles. The number of rotatable bonds is 0. The number of hydrogen-bond acceptors (Lipinski definition) is 4. The highest BCUT2D eigenvalue weighted by Crippen LogP contribution is 2.33. The van der Waals surface area contributed by atoms with Gasteiger partial charge in [0.25, 0.3) is 0 Å². The minimum atomic E-state index is -0.154. The third kappa shape index (κ3) is 3.35. The lowest BCUT2D eigenvalue weighted by Gasteiger charge is -2.15. The van der Waals surface area contributed by atoms with E-state index in [1.165, 1.54) is 0 Å². The largest absolute Gasteiger partial charge is 0.354 e. The van der Waals surface area contributed by atoms with E-state index >= 15 is 0 Å². The molecule has 8 bridgehead atoms. The molecular weight excluding hydrogens is 396 g/mol. The molecule has 2 aliphatic heterocycles. The lowest BCUT2D eigenvalue weighted by Crippen LogP contribution is -2.15. The van der Waals surface area contributed by atoms with Crippen molar-refractivity contribution in [3.05, 3.63) is 70.3 Å². The van der Waals surface area contributed by atoms with Crippen molar-refractivity contribution in [1.82, 2.24) is 19.9 Å². The van der Waals surface area contributed by atoms with E-state index in [2.05, 4.69) is 49.8 Å². The summed E-state index contributed by atoms with van der Waals surface area (Å²) in [6.45, 7) is 8.63. The van der Waals surface area contributed by atoms with Gasteiger partial charge in [0, 0.05) is 57.5 Å². The van der Waals surface area contributed by atoms with E-state index < -0.39 is 0 Å². The van der Waals surface area contributed by atoms with Gasteiger partial charge in [-0.3, -0.25) is 9.97 Å². The quantitative estimate of drug-likeness (QED) is 0.528. The molecule has 6 nitrogen and oxygen atoms in total. The van der Waals surface area contributed by atoms with Crippen LogP contribution in [-0.2, 0) is 23.7 Å². The highest BCUT2D eigenvalue weighted by atomic mass is 14.8. The molecule has 3 aromatic heterocycles. The Morgan fingerprint density at radius 3 is 1.47 bits per heavy atom. The van der Waals surface area contributed by atoms with Crippen molar-refractivity contribution in [3.8, 4) is 12.1 Å². The van der Waals surface area contributed by atoms with Gasteiger partial charge in [-0.05, 0) is 36.4 Å². The highest BCUT2D eigenvalue weighted by molar-refractivity contribution is 5.72. The van der Waals surface area contributed by atoms with Crippen molar-refractivity contribution < 1.29 is 0 Å². The number of fused-ring (bicyclic) bond motifs is 8. The van der Waals surface area contributed by atoms with Crippen molar-refractivity contribution in [3.63, 3.8) is 0 Å². The summed E-state index contributed by atoms with van der Waals surface area (Å²) in [4.78, 5) is 16.5. The summed E-state index contributed by atoms with van der Waals surface area (Å²) in [5.74, 6) is 0. The Labute approximate surface area is 186 Å². The van der Waals surface area contributed by atoms with Crippen LogP contribution >= 0.6 is 0 Å². The molecule has 32 heavy (non-hydrogen) atoms. The minimum Gasteiger partial charge on any atom is -0.354 e. The summed E-state index contributed by atoms with van der Waals surface area (Å²) >= 11 is 0. The minimum absolute atomic E-state index is 0.154. The average molecular weight is 421 g/mol. The first-order valence-corrected chi connectivity index (χ1v) is 10.7.